The van der Waals surface area contributed by atoms with Crippen molar-refractivity contribution in [1.82, 2.24) is 0 Å². The first kappa shape index (κ1) is 13.5. The molecule has 8 heteroatoms. The van der Waals surface area contributed by atoms with Gasteiger partial charge in [-0.05, 0) is 18.5 Å². The Morgan fingerprint density at radius 3 is 2.59 bits per heavy atom. The molecule has 0 unspecified atom stereocenters. The lowest BCUT2D eigenvalue weighted by molar-refractivity contribution is -0.131. The van der Waals surface area contributed by atoms with Gasteiger partial charge in [0.25, 0.3) is 10.1 Å². The zero-order chi connectivity index (χ0) is 13.1. The molecule has 0 saturated heterocycles. The Hall–Kier alpha value is -1.54. The van der Waals surface area contributed by atoms with Crippen molar-refractivity contribution >= 4 is 23.9 Å². The van der Waals surface area contributed by atoms with Gasteiger partial charge in [-0.3, -0.25) is 9.35 Å². The molecule has 0 amide bonds. The lowest BCUT2D eigenvalue weighted by Gasteiger charge is -2.09. The van der Waals surface area contributed by atoms with E-state index in [0.29, 0.717) is 11.9 Å². The van der Waals surface area contributed by atoms with Gasteiger partial charge in [0.05, 0.1) is 0 Å². The number of ether oxygens (including phenoxy) is 1. The van der Waals surface area contributed by atoms with E-state index in [1.165, 1.54) is 18.2 Å². The van der Waals surface area contributed by atoms with Gasteiger partial charge in [0.1, 0.15) is 19.3 Å². The van der Waals surface area contributed by atoms with Crippen LogP contribution < -0.4 is 4.74 Å². The van der Waals surface area contributed by atoms with Crippen LogP contribution in [0.3, 0.4) is 0 Å². The van der Waals surface area contributed by atoms with Crippen molar-refractivity contribution in [3.63, 3.8) is 0 Å². The number of hydrogen-bond acceptors (Lipinski definition) is 5. The lowest BCUT2D eigenvalue weighted by atomic mass is 9.95. The van der Waals surface area contributed by atoms with Crippen LogP contribution >= 0.6 is 0 Å². The highest BCUT2D eigenvalue weighted by Crippen LogP contribution is 2.27. The lowest BCUT2D eigenvalue weighted by Crippen LogP contribution is -2.20. The summed E-state index contributed by atoms with van der Waals surface area (Å²) in [6.45, 7) is 0. The normalized spacial score (nSPS) is 11.1. The van der Waals surface area contributed by atoms with Crippen LogP contribution in [0.2, 0.25) is 0 Å². The van der Waals surface area contributed by atoms with Gasteiger partial charge in [-0.25, -0.2) is 0 Å². The van der Waals surface area contributed by atoms with Crippen LogP contribution in [0.4, 0.5) is 0 Å². The standard InChI is InChI=1S/C9H11BO6S/c10-4-6-7(11)2-1-3-8(6)16-9(12)5-17(13,14)15/h1-3,11H,4-5,10H2,(H,13,14,15). The maximum absolute atomic E-state index is 11.2. The number of phenolic OH excluding ortho intramolecular Hbond substituents is 1. The van der Waals surface area contributed by atoms with Crippen LogP contribution in [0.1, 0.15) is 5.56 Å². The molecule has 0 bridgehead atoms. The molecule has 0 aliphatic carbocycles. The second-order valence-electron chi connectivity index (χ2n) is 3.31. The van der Waals surface area contributed by atoms with Crippen LogP contribution in [0, 0.1) is 0 Å². The summed E-state index contributed by atoms with van der Waals surface area (Å²) in [5, 5.41) is 9.48. The van der Waals surface area contributed by atoms with E-state index in [2.05, 4.69) is 0 Å². The summed E-state index contributed by atoms with van der Waals surface area (Å²) in [6, 6.07) is 4.32. The van der Waals surface area contributed by atoms with Gasteiger partial charge in [0.2, 0.25) is 0 Å². The third-order valence-electron chi connectivity index (χ3n) is 1.99. The SMILES string of the molecule is BCc1c(O)cccc1OC(=O)CS(=O)(=O)O. The quantitative estimate of drug-likeness (QED) is 0.321. The Labute approximate surface area is 99.4 Å². The van der Waals surface area contributed by atoms with Crippen molar-refractivity contribution in [3.8, 4) is 11.5 Å². The number of carbonyl (C=O) groups excluding carboxylic acids is 1. The van der Waals surface area contributed by atoms with E-state index in [0.717, 1.165) is 0 Å². The molecular weight excluding hydrogens is 247 g/mol. The van der Waals surface area contributed by atoms with Crippen molar-refractivity contribution in [1.29, 1.82) is 0 Å². The van der Waals surface area contributed by atoms with Gasteiger partial charge in [0.15, 0.2) is 5.75 Å². The molecule has 0 radical (unpaired) electrons. The highest BCUT2D eigenvalue weighted by molar-refractivity contribution is 7.86. The molecule has 2 N–H and O–H groups in total. The predicted octanol–water partition coefficient (Wildman–Crippen LogP) is -0.681. The monoisotopic (exact) mass is 258 g/mol. The minimum Gasteiger partial charge on any atom is -0.508 e. The van der Waals surface area contributed by atoms with Crippen LogP contribution in [0.25, 0.3) is 0 Å². The molecule has 92 valence electrons. The Morgan fingerprint density at radius 1 is 1.41 bits per heavy atom. The Bertz CT molecular complexity index is 524. The number of phenols is 1. The van der Waals surface area contributed by atoms with Crippen molar-refractivity contribution < 1.29 is 27.6 Å². The van der Waals surface area contributed by atoms with Crippen LogP contribution in [0.5, 0.6) is 11.5 Å². The van der Waals surface area contributed by atoms with Gasteiger partial charge < -0.3 is 9.84 Å². The molecule has 0 heterocycles. The summed E-state index contributed by atoms with van der Waals surface area (Å²) in [6.07, 6.45) is 0.418. The topological polar surface area (TPSA) is 101 Å². The first-order chi connectivity index (χ1) is 7.83. The molecule has 0 aromatic heterocycles. The highest BCUT2D eigenvalue weighted by atomic mass is 32.2. The van der Waals surface area contributed by atoms with Crippen molar-refractivity contribution in [2.75, 3.05) is 5.75 Å². The zero-order valence-electron chi connectivity index (χ0n) is 9.08. The largest absolute Gasteiger partial charge is 0.508 e. The maximum atomic E-state index is 11.2. The molecule has 0 aliphatic heterocycles. The van der Waals surface area contributed by atoms with E-state index >= 15 is 0 Å². The number of hydrogen-bond donors (Lipinski definition) is 2. The van der Waals surface area contributed by atoms with Crippen molar-refractivity contribution in [2.45, 2.75) is 6.32 Å². The zero-order valence-corrected chi connectivity index (χ0v) is 9.90. The van der Waals surface area contributed by atoms with E-state index in [9.17, 15) is 18.3 Å². The molecule has 0 saturated carbocycles. The fourth-order valence-corrected chi connectivity index (χ4v) is 1.66. The first-order valence-electron chi connectivity index (χ1n) is 4.80. The van der Waals surface area contributed by atoms with Crippen LogP contribution in [-0.4, -0.2) is 37.6 Å². The molecule has 1 rings (SSSR count). The number of benzene rings is 1. The fraction of sp³-hybridized carbons (Fsp3) is 0.222. The smallest absolute Gasteiger partial charge is 0.329 e. The summed E-state index contributed by atoms with van der Waals surface area (Å²) in [4.78, 5) is 11.2. The third-order valence-corrected chi connectivity index (χ3v) is 2.59. The number of rotatable bonds is 4. The maximum Gasteiger partial charge on any atom is 0.329 e. The summed E-state index contributed by atoms with van der Waals surface area (Å²) >= 11 is 0. The average Bonchev–Trinajstić information content (AvgIpc) is 2.14. The molecule has 6 nitrogen and oxygen atoms in total. The summed E-state index contributed by atoms with van der Waals surface area (Å²) in [5.41, 5.74) is 0.399. The number of esters is 1. The summed E-state index contributed by atoms with van der Waals surface area (Å²) < 4.78 is 34.1. The molecular formula is C9H11BO6S. The highest BCUT2D eigenvalue weighted by Gasteiger charge is 2.17. The molecule has 0 spiro atoms. The molecule has 1 aromatic rings. The second kappa shape index (κ2) is 5.20. The van der Waals surface area contributed by atoms with E-state index in [4.69, 9.17) is 9.29 Å². The molecule has 0 aliphatic rings. The molecule has 0 atom stereocenters. The first-order valence-corrected chi connectivity index (χ1v) is 6.41. The summed E-state index contributed by atoms with van der Waals surface area (Å²) in [5.74, 6) is -2.18. The van der Waals surface area contributed by atoms with E-state index in [-0.39, 0.29) is 11.5 Å². The number of carbonyl (C=O) groups is 1. The van der Waals surface area contributed by atoms with Crippen molar-refractivity contribution in [2.24, 2.45) is 0 Å². The molecule has 1 aromatic carbocycles. The molecule has 0 fully saturated rings. The van der Waals surface area contributed by atoms with Gasteiger partial charge >= 0.3 is 5.97 Å². The van der Waals surface area contributed by atoms with Gasteiger partial charge in [-0.15, -0.1) is 0 Å². The Balaban J connectivity index is 2.89. The minimum atomic E-state index is -4.41. The van der Waals surface area contributed by atoms with Gasteiger partial charge in [-0.2, -0.15) is 8.42 Å². The summed E-state index contributed by atoms with van der Waals surface area (Å²) in [7, 11) is -2.66. The van der Waals surface area contributed by atoms with Crippen LogP contribution in [-0.2, 0) is 21.2 Å². The van der Waals surface area contributed by atoms with E-state index in [1.54, 1.807) is 7.85 Å². The Kier molecular flexibility index (Phi) is 4.14. The van der Waals surface area contributed by atoms with E-state index in [1.807, 2.05) is 0 Å². The third kappa shape index (κ3) is 4.08. The fourth-order valence-electron chi connectivity index (χ4n) is 1.31. The Morgan fingerprint density at radius 2 is 2.06 bits per heavy atom. The van der Waals surface area contributed by atoms with Gasteiger partial charge in [0, 0.05) is 5.56 Å². The van der Waals surface area contributed by atoms with Gasteiger partial charge in [-0.1, -0.05) is 6.07 Å². The number of aromatic hydroxyl groups is 1. The minimum absolute atomic E-state index is 0.0374. The second-order valence-corrected chi connectivity index (χ2v) is 4.76. The molecule has 17 heavy (non-hydrogen) atoms. The van der Waals surface area contributed by atoms with Crippen molar-refractivity contribution in [3.05, 3.63) is 23.8 Å². The average molecular weight is 258 g/mol. The van der Waals surface area contributed by atoms with Crippen LogP contribution in [0.15, 0.2) is 18.2 Å². The predicted molar refractivity (Wildman–Crippen MR) is 62.4 cm³/mol. The van der Waals surface area contributed by atoms with E-state index < -0.39 is 21.8 Å².